The van der Waals surface area contributed by atoms with Crippen molar-refractivity contribution in [2.24, 2.45) is 0 Å². The fourth-order valence-electron chi connectivity index (χ4n) is 4.85. The van der Waals surface area contributed by atoms with Crippen LogP contribution in [0.25, 0.3) is 24.3 Å². The molecule has 0 aliphatic carbocycles. The van der Waals surface area contributed by atoms with E-state index in [2.05, 4.69) is 135 Å². The minimum Gasteiger partial charge on any atom is -0.456 e. The molecule has 0 aromatic heterocycles. The number of unbranched alkanes of at least 4 members (excludes halogenated alkanes) is 4. The van der Waals surface area contributed by atoms with E-state index in [1.807, 2.05) is 0 Å². The summed E-state index contributed by atoms with van der Waals surface area (Å²) in [6.07, 6.45) is 18.0. The number of rotatable bonds is 14. The molecular formula is C38H42O. The average molecular weight is 515 g/mol. The molecule has 0 heterocycles. The third kappa shape index (κ3) is 8.58. The maximum atomic E-state index is 7.04. The molecule has 0 unspecified atom stereocenters. The van der Waals surface area contributed by atoms with E-state index >= 15 is 0 Å². The number of ether oxygens (including phenoxy) is 1. The summed E-state index contributed by atoms with van der Waals surface area (Å²) >= 11 is 0. The van der Waals surface area contributed by atoms with Gasteiger partial charge in [-0.3, -0.25) is 0 Å². The summed E-state index contributed by atoms with van der Waals surface area (Å²) in [6.45, 7) is 4.52. The second-order valence-electron chi connectivity index (χ2n) is 10.2. The lowest BCUT2D eigenvalue weighted by Gasteiger charge is -2.19. The minimum atomic E-state index is 0.984. The van der Waals surface area contributed by atoms with Gasteiger partial charge in [-0.2, -0.15) is 0 Å². The number of aryl methyl sites for hydroxylation is 2. The van der Waals surface area contributed by atoms with Crippen LogP contribution in [0.15, 0.2) is 97.1 Å². The first-order valence-electron chi connectivity index (χ1n) is 14.7. The predicted molar refractivity (Wildman–Crippen MR) is 170 cm³/mol. The van der Waals surface area contributed by atoms with Gasteiger partial charge in [-0.1, -0.05) is 161 Å². The van der Waals surface area contributed by atoms with Gasteiger partial charge in [-0.25, -0.2) is 0 Å². The molecule has 0 aliphatic heterocycles. The Morgan fingerprint density at radius 2 is 0.897 bits per heavy atom. The quantitative estimate of drug-likeness (QED) is 0.120. The number of hydrogen-bond acceptors (Lipinski definition) is 1. The Kier molecular flexibility index (Phi) is 11.2. The lowest BCUT2D eigenvalue weighted by Crippen LogP contribution is -2.00. The van der Waals surface area contributed by atoms with Crippen molar-refractivity contribution < 1.29 is 4.74 Å². The van der Waals surface area contributed by atoms with Crippen molar-refractivity contribution in [2.75, 3.05) is 0 Å². The van der Waals surface area contributed by atoms with Gasteiger partial charge >= 0.3 is 0 Å². The van der Waals surface area contributed by atoms with Crippen LogP contribution in [0.2, 0.25) is 0 Å². The van der Waals surface area contributed by atoms with Crippen LogP contribution in [-0.2, 0) is 12.8 Å². The first-order valence-corrected chi connectivity index (χ1v) is 14.7. The van der Waals surface area contributed by atoms with E-state index in [9.17, 15) is 0 Å². The first kappa shape index (κ1) is 28.2. The molecule has 4 aromatic carbocycles. The van der Waals surface area contributed by atoms with Crippen LogP contribution in [0.3, 0.4) is 0 Å². The van der Waals surface area contributed by atoms with Crippen LogP contribution in [0.4, 0.5) is 0 Å². The fourth-order valence-corrected chi connectivity index (χ4v) is 4.85. The molecule has 0 saturated carbocycles. The topological polar surface area (TPSA) is 9.23 Å². The van der Waals surface area contributed by atoms with Crippen LogP contribution in [0.5, 0.6) is 11.5 Å². The van der Waals surface area contributed by atoms with E-state index in [4.69, 9.17) is 4.74 Å². The van der Waals surface area contributed by atoms with Gasteiger partial charge in [0.2, 0.25) is 0 Å². The maximum Gasteiger partial charge on any atom is 0.137 e. The summed E-state index contributed by atoms with van der Waals surface area (Å²) in [7, 11) is 0. The average Bonchev–Trinajstić information content (AvgIpc) is 2.98. The monoisotopic (exact) mass is 514 g/mol. The van der Waals surface area contributed by atoms with Crippen molar-refractivity contribution in [3.63, 3.8) is 0 Å². The fraction of sp³-hybridized carbons (Fsp3) is 0.263. The third-order valence-corrected chi connectivity index (χ3v) is 7.07. The molecule has 0 fully saturated rings. The molecule has 0 spiro atoms. The molecule has 0 aliphatic rings. The Labute approximate surface area is 235 Å². The van der Waals surface area contributed by atoms with Crippen molar-refractivity contribution >= 4 is 24.3 Å². The van der Waals surface area contributed by atoms with Crippen LogP contribution < -0.4 is 4.74 Å². The molecular weight excluding hydrogens is 472 g/mol. The Bertz CT molecular complexity index is 1230. The maximum absolute atomic E-state index is 7.04. The summed E-state index contributed by atoms with van der Waals surface area (Å²) in [5, 5.41) is 0. The summed E-state index contributed by atoms with van der Waals surface area (Å²) < 4.78 is 7.04. The van der Waals surface area contributed by atoms with Crippen LogP contribution >= 0.6 is 0 Å². The van der Waals surface area contributed by atoms with Gasteiger partial charge in [0.1, 0.15) is 11.5 Å². The largest absolute Gasteiger partial charge is 0.456 e. The van der Waals surface area contributed by atoms with Crippen molar-refractivity contribution in [1.29, 1.82) is 0 Å². The standard InChI is InChI=1S/C38H42O/c1-3-5-9-21-33-23-15-25-35(29-27-31-17-11-7-12-18-31)37(33)39-38-34(22-10-6-4-2)24-16-26-36(38)30-28-32-19-13-8-14-20-32/h7-8,11-20,23-30H,3-6,9-10,21-22H2,1-2H3. The van der Waals surface area contributed by atoms with Gasteiger partial charge in [0.15, 0.2) is 0 Å². The highest BCUT2D eigenvalue weighted by molar-refractivity contribution is 5.76. The molecule has 1 heteroatoms. The molecule has 4 aromatic rings. The summed E-state index contributed by atoms with van der Waals surface area (Å²) in [6, 6.07) is 34.1. The number of hydrogen-bond donors (Lipinski definition) is 0. The highest BCUT2D eigenvalue weighted by Gasteiger charge is 2.15. The van der Waals surface area contributed by atoms with E-state index in [-0.39, 0.29) is 0 Å². The van der Waals surface area contributed by atoms with Gasteiger partial charge < -0.3 is 4.74 Å². The zero-order chi connectivity index (χ0) is 27.1. The summed E-state index contributed by atoms with van der Waals surface area (Å²) in [5.74, 6) is 1.97. The zero-order valence-electron chi connectivity index (χ0n) is 23.6. The second kappa shape index (κ2) is 15.5. The van der Waals surface area contributed by atoms with E-state index in [0.29, 0.717) is 0 Å². The van der Waals surface area contributed by atoms with E-state index in [1.165, 1.54) is 47.9 Å². The van der Waals surface area contributed by atoms with Crippen molar-refractivity contribution in [3.05, 3.63) is 130 Å². The smallest absolute Gasteiger partial charge is 0.137 e. The van der Waals surface area contributed by atoms with E-state index < -0.39 is 0 Å². The number of para-hydroxylation sites is 2. The normalized spacial score (nSPS) is 11.4. The second-order valence-corrected chi connectivity index (χ2v) is 10.2. The molecule has 4 rings (SSSR count). The minimum absolute atomic E-state index is 0.984. The van der Waals surface area contributed by atoms with Crippen LogP contribution in [0.1, 0.15) is 85.8 Å². The summed E-state index contributed by atoms with van der Waals surface area (Å²) in [4.78, 5) is 0. The summed E-state index contributed by atoms with van der Waals surface area (Å²) in [5.41, 5.74) is 7.17. The van der Waals surface area contributed by atoms with Gasteiger partial charge in [-0.05, 0) is 47.9 Å². The lowest BCUT2D eigenvalue weighted by molar-refractivity contribution is 0.465. The SMILES string of the molecule is CCCCCc1cccc(C=Cc2ccccc2)c1Oc1c(C=Cc2ccccc2)cccc1CCCCC. The highest BCUT2D eigenvalue weighted by Crippen LogP contribution is 2.37. The first-order chi connectivity index (χ1) is 19.3. The molecule has 0 saturated heterocycles. The lowest BCUT2D eigenvalue weighted by atomic mass is 10.00. The highest BCUT2D eigenvalue weighted by atomic mass is 16.5. The molecule has 0 amide bonds. The Hall–Kier alpha value is -3.84. The molecule has 1 nitrogen and oxygen atoms in total. The Morgan fingerprint density at radius 1 is 0.462 bits per heavy atom. The molecule has 200 valence electrons. The Balaban J connectivity index is 1.76. The van der Waals surface area contributed by atoms with Crippen LogP contribution in [-0.4, -0.2) is 0 Å². The van der Waals surface area contributed by atoms with Gasteiger partial charge in [-0.15, -0.1) is 0 Å². The zero-order valence-corrected chi connectivity index (χ0v) is 23.6. The molecule has 0 N–H and O–H groups in total. The predicted octanol–water partition coefficient (Wildman–Crippen LogP) is 11.3. The Morgan fingerprint density at radius 3 is 1.31 bits per heavy atom. The molecule has 39 heavy (non-hydrogen) atoms. The third-order valence-electron chi connectivity index (χ3n) is 7.07. The molecule has 0 atom stereocenters. The van der Waals surface area contributed by atoms with Crippen molar-refractivity contribution in [2.45, 2.75) is 65.2 Å². The van der Waals surface area contributed by atoms with E-state index in [0.717, 1.165) is 48.3 Å². The van der Waals surface area contributed by atoms with Crippen molar-refractivity contribution in [3.8, 4) is 11.5 Å². The van der Waals surface area contributed by atoms with Crippen LogP contribution in [0, 0.1) is 0 Å². The van der Waals surface area contributed by atoms with Crippen molar-refractivity contribution in [1.82, 2.24) is 0 Å². The van der Waals surface area contributed by atoms with E-state index in [1.54, 1.807) is 0 Å². The number of benzene rings is 4. The molecule has 0 radical (unpaired) electrons. The van der Waals surface area contributed by atoms with Gasteiger partial charge in [0.25, 0.3) is 0 Å². The van der Waals surface area contributed by atoms with Gasteiger partial charge in [0, 0.05) is 11.1 Å². The molecule has 0 bridgehead atoms. The van der Waals surface area contributed by atoms with Gasteiger partial charge in [0.05, 0.1) is 0 Å².